The number of aromatic hydroxyl groups is 1. The SMILES string of the molecule is Cc1cccc(CN(C)CCC(C)O)c1O. The summed E-state index contributed by atoms with van der Waals surface area (Å²) in [6.45, 7) is 5.22. The molecule has 0 saturated carbocycles. The summed E-state index contributed by atoms with van der Waals surface area (Å²) >= 11 is 0. The van der Waals surface area contributed by atoms with Gasteiger partial charge in [-0.1, -0.05) is 18.2 Å². The summed E-state index contributed by atoms with van der Waals surface area (Å²) in [6, 6.07) is 5.78. The number of phenols is 1. The average molecular weight is 223 g/mol. The highest BCUT2D eigenvalue weighted by atomic mass is 16.3. The smallest absolute Gasteiger partial charge is 0.122 e. The molecule has 1 aromatic carbocycles. The number of benzene rings is 1. The molecule has 0 bridgehead atoms. The van der Waals surface area contributed by atoms with Gasteiger partial charge in [0.2, 0.25) is 0 Å². The van der Waals surface area contributed by atoms with E-state index < -0.39 is 0 Å². The molecule has 90 valence electrons. The second-order valence-corrected chi connectivity index (χ2v) is 4.46. The fourth-order valence-corrected chi connectivity index (χ4v) is 1.62. The fourth-order valence-electron chi connectivity index (χ4n) is 1.62. The quantitative estimate of drug-likeness (QED) is 0.801. The van der Waals surface area contributed by atoms with E-state index in [-0.39, 0.29) is 6.10 Å². The number of phenolic OH excluding ortho intramolecular Hbond substituents is 1. The van der Waals surface area contributed by atoms with Gasteiger partial charge in [0, 0.05) is 18.7 Å². The van der Waals surface area contributed by atoms with Crippen LogP contribution in [0.2, 0.25) is 0 Å². The molecule has 0 saturated heterocycles. The molecule has 0 aliphatic rings. The van der Waals surface area contributed by atoms with Crippen molar-refractivity contribution in [2.75, 3.05) is 13.6 Å². The van der Waals surface area contributed by atoms with E-state index in [0.717, 1.165) is 24.1 Å². The molecule has 3 heteroatoms. The zero-order chi connectivity index (χ0) is 12.1. The predicted octanol–water partition coefficient (Wildman–Crippen LogP) is 1.90. The minimum Gasteiger partial charge on any atom is -0.507 e. The van der Waals surface area contributed by atoms with Crippen LogP contribution in [0.15, 0.2) is 18.2 Å². The van der Waals surface area contributed by atoms with E-state index in [4.69, 9.17) is 0 Å². The molecule has 0 heterocycles. The first-order valence-corrected chi connectivity index (χ1v) is 5.64. The third-order valence-corrected chi connectivity index (χ3v) is 2.69. The van der Waals surface area contributed by atoms with Crippen molar-refractivity contribution >= 4 is 0 Å². The highest BCUT2D eigenvalue weighted by Gasteiger charge is 2.07. The van der Waals surface area contributed by atoms with Crippen LogP contribution in [0.4, 0.5) is 0 Å². The first-order chi connectivity index (χ1) is 7.50. The highest BCUT2D eigenvalue weighted by Crippen LogP contribution is 2.22. The number of para-hydroxylation sites is 1. The summed E-state index contributed by atoms with van der Waals surface area (Å²) in [5, 5.41) is 19.0. The largest absolute Gasteiger partial charge is 0.507 e. The maximum atomic E-state index is 9.85. The Kier molecular flexibility index (Phi) is 4.77. The van der Waals surface area contributed by atoms with Crippen molar-refractivity contribution in [3.63, 3.8) is 0 Å². The monoisotopic (exact) mass is 223 g/mol. The number of hydrogen-bond acceptors (Lipinski definition) is 3. The van der Waals surface area contributed by atoms with Gasteiger partial charge in [-0.05, 0) is 32.9 Å². The second-order valence-electron chi connectivity index (χ2n) is 4.46. The minimum absolute atomic E-state index is 0.270. The van der Waals surface area contributed by atoms with Crippen LogP contribution in [0.5, 0.6) is 5.75 Å². The number of rotatable bonds is 5. The van der Waals surface area contributed by atoms with Gasteiger partial charge in [0.25, 0.3) is 0 Å². The van der Waals surface area contributed by atoms with Crippen molar-refractivity contribution in [2.45, 2.75) is 32.9 Å². The molecule has 1 atom stereocenters. The third kappa shape index (κ3) is 3.83. The fraction of sp³-hybridized carbons (Fsp3) is 0.538. The predicted molar refractivity (Wildman–Crippen MR) is 65.5 cm³/mol. The van der Waals surface area contributed by atoms with Gasteiger partial charge in [-0.2, -0.15) is 0 Å². The first kappa shape index (κ1) is 13.0. The lowest BCUT2D eigenvalue weighted by molar-refractivity contribution is 0.162. The molecule has 16 heavy (non-hydrogen) atoms. The summed E-state index contributed by atoms with van der Waals surface area (Å²) in [7, 11) is 1.99. The van der Waals surface area contributed by atoms with Crippen molar-refractivity contribution in [1.82, 2.24) is 4.90 Å². The van der Waals surface area contributed by atoms with Crippen LogP contribution in [0.1, 0.15) is 24.5 Å². The van der Waals surface area contributed by atoms with Gasteiger partial charge in [-0.15, -0.1) is 0 Å². The van der Waals surface area contributed by atoms with E-state index in [1.54, 1.807) is 6.92 Å². The molecule has 3 nitrogen and oxygen atoms in total. The molecule has 0 radical (unpaired) electrons. The Morgan fingerprint density at radius 3 is 2.69 bits per heavy atom. The molecule has 2 N–H and O–H groups in total. The van der Waals surface area contributed by atoms with Crippen molar-refractivity contribution in [3.05, 3.63) is 29.3 Å². The van der Waals surface area contributed by atoms with E-state index in [9.17, 15) is 10.2 Å². The zero-order valence-electron chi connectivity index (χ0n) is 10.3. The average Bonchev–Trinajstić information content (AvgIpc) is 2.22. The number of aliphatic hydroxyl groups excluding tert-OH is 1. The van der Waals surface area contributed by atoms with Crippen molar-refractivity contribution in [2.24, 2.45) is 0 Å². The maximum Gasteiger partial charge on any atom is 0.122 e. The Bertz CT molecular complexity index is 337. The van der Waals surface area contributed by atoms with Gasteiger partial charge < -0.3 is 15.1 Å². The topological polar surface area (TPSA) is 43.7 Å². The molecule has 0 aliphatic heterocycles. The molecule has 0 amide bonds. The lowest BCUT2D eigenvalue weighted by atomic mass is 10.1. The van der Waals surface area contributed by atoms with E-state index in [1.807, 2.05) is 32.2 Å². The first-order valence-electron chi connectivity index (χ1n) is 5.64. The molecule has 1 unspecified atom stereocenters. The number of nitrogens with zero attached hydrogens (tertiary/aromatic N) is 1. The van der Waals surface area contributed by atoms with E-state index in [2.05, 4.69) is 4.90 Å². The van der Waals surface area contributed by atoms with Crippen LogP contribution < -0.4 is 0 Å². The zero-order valence-corrected chi connectivity index (χ0v) is 10.3. The highest BCUT2D eigenvalue weighted by molar-refractivity contribution is 5.39. The molecule has 1 aromatic rings. The van der Waals surface area contributed by atoms with Crippen LogP contribution in [0, 0.1) is 6.92 Å². The normalized spacial score (nSPS) is 13.1. The Balaban J connectivity index is 2.56. The lowest BCUT2D eigenvalue weighted by Crippen LogP contribution is -2.22. The van der Waals surface area contributed by atoms with Gasteiger partial charge >= 0.3 is 0 Å². The molecular formula is C13H21NO2. The summed E-state index contributed by atoms with van der Waals surface area (Å²) in [6.07, 6.45) is 0.483. The van der Waals surface area contributed by atoms with Crippen LogP contribution >= 0.6 is 0 Å². The Hall–Kier alpha value is -1.06. The van der Waals surface area contributed by atoms with Crippen molar-refractivity contribution < 1.29 is 10.2 Å². The number of hydrogen-bond donors (Lipinski definition) is 2. The standard InChI is InChI=1S/C13H21NO2/c1-10-5-4-6-12(13(10)16)9-14(3)8-7-11(2)15/h4-6,11,15-16H,7-9H2,1-3H3. The van der Waals surface area contributed by atoms with Gasteiger partial charge in [0.1, 0.15) is 5.75 Å². The maximum absolute atomic E-state index is 9.85. The summed E-state index contributed by atoms with van der Waals surface area (Å²) in [5.74, 6) is 0.381. The molecule has 0 fully saturated rings. The Labute approximate surface area is 97.3 Å². The van der Waals surface area contributed by atoms with Gasteiger partial charge in [-0.25, -0.2) is 0 Å². The van der Waals surface area contributed by atoms with Gasteiger partial charge in [0.15, 0.2) is 0 Å². The van der Waals surface area contributed by atoms with Crippen LogP contribution in [-0.4, -0.2) is 34.8 Å². The molecule has 0 aromatic heterocycles. The molecule has 0 spiro atoms. The Morgan fingerprint density at radius 1 is 1.38 bits per heavy atom. The van der Waals surface area contributed by atoms with Crippen LogP contribution in [0.3, 0.4) is 0 Å². The van der Waals surface area contributed by atoms with Crippen molar-refractivity contribution in [3.8, 4) is 5.75 Å². The van der Waals surface area contributed by atoms with Crippen molar-refractivity contribution in [1.29, 1.82) is 0 Å². The van der Waals surface area contributed by atoms with E-state index in [1.165, 1.54) is 0 Å². The number of aliphatic hydroxyl groups is 1. The summed E-state index contributed by atoms with van der Waals surface area (Å²) < 4.78 is 0. The Morgan fingerprint density at radius 2 is 2.06 bits per heavy atom. The van der Waals surface area contributed by atoms with Crippen LogP contribution in [0.25, 0.3) is 0 Å². The summed E-state index contributed by atoms with van der Waals surface area (Å²) in [4.78, 5) is 2.10. The van der Waals surface area contributed by atoms with E-state index in [0.29, 0.717) is 12.3 Å². The minimum atomic E-state index is -0.270. The summed E-state index contributed by atoms with van der Waals surface area (Å²) in [5.41, 5.74) is 1.84. The molecule has 0 aliphatic carbocycles. The molecular weight excluding hydrogens is 202 g/mol. The van der Waals surface area contributed by atoms with Gasteiger partial charge in [0.05, 0.1) is 6.10 Å². The van der Waals surface area contributed by atoms with E-state index >= 15 is 0 Å². The molecule has 1 rings (SSSR count). The van der Waals surface area contributed by atoms with Gasteiger partial charge in [-0.3, -0.25) is 0 Å². The lowest BCUT2D eigenvalue weighted by Gasteiger charge is -2.18. The second kappa shape index (κ2) is 5.87. The van der Waals surface area contributed by atoms with Crippen LogP contribution in [-0.2, 0) is 6.54 Å². The third-order valence-electron chi connectivity index (χ3n) is 2.69. The number of aryl methyl sites for hydroxylation is 1.